The first-order valence-corrected chi connectivity index (χ1v) is 4.10. The van der Waals surface area contributed by atoms with Crippen LogP contribution >= 0.6 is 0 Å². The average Bonchev–Trinajstić information content (AvgIpc) is 2.70. The summed E-state index contributed by atoms with van der Waals surface area (Å²) in [4.78, 5) is 7.22. The van der Waals surface area contributed by atoms with Crippen molar-refractivity contribution in [2.75, 3.05) is 0 Å². The zero-order valence-corrected chi connectivity index (χ0v) is 7.12. The second-order valence-corrected chi connectivity index (χ2v) is 2.73. The fourth-order valence-electron chi connectivity index (χ4n) is 1.28. The minimum Gasteiger partial charge on any atom is -0.345 e. The maximum Gasteiger partial charge on any atom is 0.137 e. The molecule has 0 bridgehead atoms. The molecule has 3 N–H and O–H groups in total. The number of benzene rings is 1. The molecule has 0 saturated carbocycles. The molecule has 0 amide bonds. The predicted octanol–water partition coefficient (Wildman–Crippen LogP) is 1.34. The summed E-state index contributed by atoms with van der Waals surface area (Å²) in [5.41, 5.74) is 7.70. The fourth-order valence-corrected chi connectivity index (χ4v) is 1.28. The molecular formula is C10H10N3. The van der Waals surface area contributed by atoms with Crippen molar-refractivity contribution in [1.82, 2.24) is 9.97 Å². The van der Waals surface area contributed by atoms with Gasteiger partial charge in [-0.1, -0.05) is 12.1 Å². The van der Waals surface area contributed by atoms with Gasteiger partial charge in [0.05, 0.1) is 0 Å². The largest absolute Gasteiger partial charge is 0.345 e. The molecule has 0 aliphatic heterocycles. The Bertz CT molecular complexity index is 379. The van der Waals surface area contributed by atoms with Crippen LogP contribution in [-0.4, -0.2) is 9.97 Å². The van der Waals surface area contributed by atoms with Crippen LogP contribution in [0.5, 0.6) is 0 Å². The molecule has 1 aromatic carbocycles. The Morgan fingerprint density at radius 1 is 1.54 bits per heavy atom. The van der Waals surface area contributed by atoms with Crippen molar-refractivity contribution in [2.24, 2.45) is 5.73 Å². The second-order valence-electron chi connectivity index (χ2n) is 2.73. The highest BCUT2D eigenvalue weighted by Crippen LogP contribution is 2.18. The van der Waals surface area contributed by atoms with Crippen molar-refractivity contribution < 1.29 is 0 Å². The fraction of sp³-hybridized carbons (Fsp3) is 0.100. The molecule has 1 aromatic heterocycles. The van der Waals surface area contributed by atoms with E-state index in [2.05, 4.69) is 16.0 Å². The molecule has 0 unspecified atom stereocenters. The normalized spacial score (nSPS) is 10.2. The van der Waals surface area contributed by atoms with Gasteiger partial charge in [-0.25, -0.2) is 4.98 Å². The van der Waals surface area contributed by atoms with Gasteiger partial charge in [-0.2, -0.15) is 0 Å². The van der Waals surface area contributed by atoms with E-state index in [1.54, 1.807) is 12.4 Å². The third-order valence-corrected chi connectivity index (χ3v) is 1.92. The molecular weight excluding hydrogens is 162 g/mol. The molecule has 0 aliphatic rings. The SMILES string of the molecule is NCc1c[c]ccc1-c1ncc[nH]1. The maximum absolute atomic E-state index is 5.60. The number of aromatic amines is 1. The highest BCUT2D eigenvalue weighted by atomic mass is 14.9. The van der Waals surface area contributed by atoms with E-state index in [4.69, 9.17) is 5.73 Å². The molecule has 3 nitrogen and oxygen atoms in total. The van der Waals surface area contributed by atoms with Crippen LogP contribution in [0.3, 0.4) is 0 Å². The van der Waals surface area contributed by atoms with Crippen LogP contribution in [0, 0.1) is 6.07 Å². The van der Waals surface area contributed by atoms with Crippen LogP contribution in [0.2, 0.25) is 0 Å². The maximum atomic E-state index is 5.60. The number of hydrogen-bond donors (Lipinski definition) is 2. The van der Waals surface area contributed by atoms with E-state index in [1.165, 1.54) is 0 Å². The molecule has 0 fully saturated rings. The number of nitrogens with zero attached hydrogens (tertiary/aromatic N) is 1. The number of H-pyrrole nitrogens is 1. The van der Waals surface area contributed by atoms with Gasteiger partial charge in [0.25, 0.3) is 0 Å². The Morgan fingerprint density at radius 3 is 3.15 bits per heavy atom. The highest BCUT2D eigenvalue weighted by molar-refractivity contribution is 5.59. The van der Waals surface area contributed by atoms with E-state index in [0.717, 1.165) is 17.0 Å². The quantitative estimate of drug-likeness (QED) is 0.718. The molecule has 2 aromatic rings. The molecule has 1 radical (unpaired) electrons. The number of hydrogen-bond acceptors (Lipinski definition) is 2. The van der Waals surface area contributed by atoms with Crippen molar-refractivity contribution >= 4 is 0 Å². The average molecular weight is 172 g/mol. The van der Waals surface area contributed by atoms with Crippen LogP contribution in [0.25, 0.3) is 11.4 Å². The zero-order chi connectivity index (χ0) is 9.10. The lowest BCUT2D eigenvalue weighted by molar-refractivity contribution is 1.07. The molecule has 1 heterocycles. The van der Waals surface area contributed by atoms with Crippen LogP contribution in [0.1, 0.15) is 5.56 Å². The molecule has 3 heteroatoms. The Labute approximate surface area is 76.6 Å². The first-order valence-electron chi connectivity index (χ1n) is 4.10. The Morgan fingerprint density at radius 2 is 2.46 bits per heavy atom. The first-order chi connectivity index (χ1) is 6.42. The van der Waals surface area contributed by atoms with E-state index in [1.807, 2.05) is 18.2 Å². The molecule has 65 valence electrons. The van der Waals surface area contributed by atoms with Crippen molar-refractivity contribution in [1.29, 1.82) is 0 Å². The lowest BCUT2D eigenvalue weighted by atomic mass is 10.1. The molecule has 13 heavy (non-hydrogen) atoms. The summed E-state index contributed by atoms with van der Waals surface area (Å²) in [6.07, 6.45) is 3.53. The summed E-state index contributed by atoms with van der Waals surface area (Å²) >= 11 is 0. The van der Waals surface area contributed by atoms with Crippen LogP contribution in [0.4, 0.5) is 0 Å². The van der Waals surface area contributed by atoms with Crippen molar-refractivity contribution in [3.05, 3.63) is 42.2 Å². The van der Waals surface area contributed by atoms with Gasteiger partial charge in [0.1, 0.15) is 5.82 Å². The summed E-state index contributed by atoms with van der Waals surface area (Å²) in [7, 11) is 0. The van der Waals surface area contributed by atoms with E-state index < -0.39 is 0 Å². The summed E-state index contributed by atoms with van der Waals surface area (Å²) in [5.74, 6) is 0.856. The second kappa shape index (κ2) is 3.41. The van der Waals surface area contributed by atoms with Gasteiger partial charge in [-0.05, 0) is 17.7 Å². The van der Waals surface area contributed by atoms with E-state index in [9.17, 15) is 0 Å². The number of nitrogens with two attached hydrogens (primary N) is 1. The van der Waals surface area contributed by atoms with Gasteiger partial charge in [0.15, 0.2) is 0 Å². The lowest BCUT2D eigenvalue weighted by Gasteiger charge is -2.02. The summed E-state index contributed by atoms with van der Waals surface area (Å²) in [5, 5.41) is 0. The molecule has 0 spiro atoms. The van der Waals surface area contributed by atoms with Crippen molar-refractivity contribution in [2.45, 2.75) is 6.54 Å². The van der Waals surface area contributed by atoms with Gasteiger partial charge in [0.2, 0.25) is 0 Å². The molecule has 0 atom stereocenters. The van der Waals surface area contributed by atoms with E-state index in [-0.39, 0.29) is 0 Å². The van der Waals surface area contributed by atoms with Crippen LogP contribution < -0.4 is 5.73 Å². The van der Waals surface area contributed by atoms with Crippen LogP contribution in [-0.2, 0) is 6.54 Å². The van der Waals surface area contributed by atoms with Crippen LogP contribution in [0.15, 0.2) is 30.6 Å². The van der Waals surface area contributed by atoms with E-state index >= 15 is 0 Å². The van der Waals surface area contributed by atoms with Gasteiger partial charge in [-0.15, -0.1) is 0 Å². The molecule has 0 saturated heterocycles. The van der Waals surface area contributed by atoms with Crippen molar-refractivity contribution in [3.8, 4) is 11.4 Å². The minimum absolute atomic E-state index is 0.507. The first kappa shape index (κ1) is 8.01. The third-order valence-electron chi connectivity index (χ3n) is 1.92. The van der Waals surface area contributed by atoms with E-state index in [0.29, 0.717) is 6.54 Å². The molecule has 2 rings (SSSR count). The minimum atomic E-state index is 0.507. The number of nitrogens with one attached hydrogen (secondary N) is 1. The number of aromatic nitrogens is 2. The van der Waals surface area contributed by atoms with Crippen molar-refractivity contribution in [3.63, 3.8) is 0 Å². The van der Waals surface area contributed by atoms with Gasteiger partial charge in [-0.3, -0.25) is 0 Å². The van der Waals surface area contributed by atoms with Gasteiger partial charge >= 0.3 is 0 Å². The number of imidazole rings is 1. The lowest BCUT2D eigenvalue weighted by Crippen LogP contribution is -1.99. The Kier molecular flexibility index (Phi) is 2.10. The monoisotopic (exact) mass is 172 g/mol. The zero-order valence-electron chi connectivity index (χ0n) is 7.12. The summed E-state index contributed by atoms with van der Waals surface area (Å²) < 4.78 is 0. The summed E-state index contributed by atoms with van der Waals surface area (Å²) in [6, 6.07) is 8.70. The summed E-state index contributed by atoms with van der Waals surface area (Å²) in [6.45, 7) is 0.507. The van der Waals surface area contributed by atoms with Gasteiger partial charge in [0, 0.05) is 24.5 Å². The predicted molar refractivity (Wildman–Crippen MR) is 50.8 cm³/mol. The molecule has 0 aliphatic carbocycles. The topological polar surface area (TPSA) is 54.7 Å². The Hall–Kier alpha value is -1.61. The smallest absolute Gasteiger partial charge is 0.137 e. The third kappa shape index (κ3) is 1.46. The Balaban J connectivity index is 2.51. The number of rotatable bonds is 2. The highest BCUT2D eigenvalue weighted by Gasteiger charge is 2.03. The van der Waals surface area contributed by atoms with Gasteiger partial charge < -0.3 is 10.7 Å². The standard InChI is InChI=1S/C10H10N3/c11-7-8-3-1-2-4-9(8)10-12-5-6-13-10/h2-6H,7,11H2,(H,12,13).